The normalized spacial score (nSPS) is 20.3. The second kappa shape index (κ2) is 38.6. The van der Waals surface area contributed by atoms with Crippen LogP contribution in [0.2, 0.25) is 0 Å². The summed E-state index contributed by atoms with van der Waals surface area (Å²) in [6, 6.07) is 80.9. The van der Waals surface area contributed by atoms with Gasteiger partial charge in [0.1, 0.15) is 61.8 Å². The van der Waals surface area contributed by atoms with Crippen molar-refractivity contribution in [3.05, 3.63) is 439 Å². The van der Waals surface area contributed by atoms with Gasteiger partial charge in [-0.3, -0.25) is 48.9 Å². The molecule has 0 fully saturated rings. The number of nitrogens with zero attached hydrogens (tertiary/aromatic N) is 13. The van der Waals surface area contributed by atoms with Gasteiger partial charge in [-0.2, -0.15) is 0 Å². The zero-order chi connectivity index (χ0) is 97.0. The van der Waals surface area contributed by atoms with Gasteiger partial charge in [-0.25, -0.2) is 23.7 Å². The molecule has 11 aromatic carbocycles. The Morgan fingerprint density at radius 1 is 0.340 bits per heavy atom. The van der Waals surface area contributed by atoms with Gasteiger partial charge in [0.15, 0.2) is 28.9 Å². The van der Waals surface area contributed by atoms with Crippen molar-refractivity contribution in [1.29, 1.82) is 0 Å². The largest absolute Gasteiger partial charge is 0.472 e. The lowest BCUT2D eigenvalue weighted by Gasteiger charge is -2.38. The summed E-state index contributed by atoms with van der Waals surface area (Å²) in [7, 11) is 12.2. The van der Waals surface area contributed by atoms with Crippen LogP contribution in [0.3, 0.4) is 0 Å². The Morgan fingerprint density at radius 2 is 0.674 bits per heavy atom. The number of aromatic nitrogens is 6. The van der Waals surface area contributed by atoms with Crippen LogP contribution in [0.4, 0.5) is 37.2 Å². The smallest absolute Gasteiger partial charge is 0.185 e. The highest BCUT2D eigenvalue weighted by Gasteiger charge is 2.48. The van der Waals surface area contributed by atoms with E-state index >= 15 is 0 Å². The minimum absolute atomic E-state index is 0.00269. The van der Waals surface area contributed by atoms with Crippen molar-refractivity contribution in [3.63, 3.8) is 0 Å². The minimum Gasteiger partial charge on any atom is -0.472 e. The molecule has 10 aliphatic heterocycles. The van der Waals surface area contributed by atoms with E-state index in [4.69, 9.17) is 19.4 Å². The average Bonchev–Trinajstić information content (AvgIpc) is 1.56. The quantitative estimate of drug-likeness (QED) is 0.0638. The SMILES string of the molecule is CCn1ccnc1C1C2=NCC(=O)c3cccc(c32)NC1c1ccccc1.CN(C)Cc1ccc(C2Nc3cccc4c3C(=NCC4=O)C2c2ccc(F)cc2)cc1.CN(C)Cc1ccc(C2Nc3cccc4c3C(=NCC4=O)C2c2nccn2C)cc1.Cc1ccc(C2Nc3cc(F)cc4c3C(=NCC4=O)C2c2nccn2C)cc1.O=C1CN=C2c3c(cccc31)NC(c1ccccc1)C2c1ccoc1. The van der Waals surface area contributed by atoms with Crippen LogP contribution >= 0.6 is 0 Å². The van der Waals surface area contributed by atoms with Crippen LogP contribution in [0, 0.1) is 18.6 Å². The van der Waals surface area contributed by atoms with E-state index in [2.05, 4.69) is 210 Å². The number of halogens is 2. The van der Waals surface area contributed by atoms with E-state index in [1.807, 2.05) is 176 Å². The molecule has 26 heteroatoms. The number of imidazole rings is 3. The van der Waals surface area contributed by atoms with Gasteiger partial charge in [0, 0.05) is 161 Å². The first kappa shape index (κ1) is 91.2. The Balaban J connectivity index is 0.000000105. The molecule has 25 rings (SSSR count). The lowest BCUT2D eigenvalue weighted by atomic mass is 9.75. The molecule has 0 amide bonds. The number of carbonyl (C=O) groups excluding carboxylic acids is 5. The Kier molecular flexibility index (Phi) is 25.0. The van der Waals surface area contributed by atoms with Gasteiger partial charge in [0.05, 0.1) is 101 Å². The maximum atomic E-state index is 14.2. The Bertz CT molecular complexity index is 7530. The number of rotatable bonds is 15. The van der Waals surface area contributed by atoms with Gasteiger partial charge in [0.2, 0.25) is 0 Å². The maximum Gasteiger partial charge on any atom is 0.185 e. The molecular weight excluding hydrogens is 1770 g/mol. The molecule has 704 valence electrons. The Hall–Kier alpha value is -16.2. The number of hydrogen-bond donors (Lipinski definition) is 5. The molecule has 0 saturated heterocycles. The summed E-state index contributed by atoms with van der Waals surface area (Å²) < 4.78 is 39.4. The molecule has 24 nitrogen and oxygen atoms in total. The van der Waals surface area contributed by atoms with Gasteiger partial charge in [-0.1, -0.05) is 200 Å². The zero-order valence-electron chi connectivity index (χ0n) is 79.2. The monoisotopic (exact) mass is 1870 g/mol. The van der Waals surface area contributed by atoms with Crippen molar-refractivity contribution >= 4 is 85.9 Å². The summed E-state index contributed by atoms with van der Waals surface area (Å²) in [6.45, 7) is 7.58. The van der Waals surface area contributed by atoms with Gasteiger partial charge in [0.25, 0.3) is 0 Å². The van der Waals surface area contributed by atoms with Crippen LogP contribution in [-0.2, 0) is 33.7 Å². The Morgan fingerprint density at radius 3 is 1.05 bits per heavy atom. The summed E-state index contributed by atoms with van der Waals surface area (Å²) in [6.07, 6.45) is 14.8. The highest BCUT2D eigenvalue weighted by atomic mass is 19.1. The van der Waals surface area contributed by atoms with E-state index in [9.17, 15) is 32.8 Å². The topological polar surface area (TPSA) is 280 Å². The second-order valence-corrected chi connectivity index (χ2v) is 37.6. The van der Waals surface area contributed by atoms with E-state index in [0.717, 1.165) is 150 Å². The molecule has 10 atom stereocenters. The lowest BCUT2D eigenvalue weighted by molar-refractivity contribution is 0.0991. The van der Waals surface area contributed by atoms with Crippen LogP contribution in [0.25, 0.3) is 0 Å². The first-order chi connectivity index (χ1) is 68.7. The highest BCUT2D eigenvalue weighted by molar-refractivity contribution is 6.26. The van der Waals surface area contributed by atoms with Crippen LogP contribution in [0.1, 0.15) is 219 Å². The fourth-order valence-electron chi connectivity index (χ4n) is 21.6. The number of aliphatic imine (C=N–C) groups is 5. The number of anilines is 5. The summed E-state index contributed by atoms with van der Waals surface area (Å²) in [5.41, 5.74) is 28.3. The van der Waals surface area contributed by atoms with Gasteiger partial charge in [-0.15, -0.1) is 0 Å². The molecule has 10 aliphatic rings. The molecule has 0 bridgehead atoms. The van der Waals surface area contributed by atoms with Crippen molar-refractivity contribution in [3.8, 4) is 0 Å². The fraction of sp³-hybridized carbons (Fsp3) is 0.226. The number of ketones is 5. The number of aryl methyl sites for hydroxylation is 4. The number of benzene rings is 11. The van der Waals surface area contributed by atoms with Crippen LogP contribution in [-0.4, -0.2) is 157 Å². The van der Waals surface area contributed by atoms with Crippen molar-refractivity contribution in [2.24, 2.45) is 39.1 Å². The minimum atomic E-state index is -0.422. The van der Waals surface area contributed by atoms with Crippen molar-refractivity contribution in [1.82, 2.24) is 38.5 Å². The molecule has 4 aromatic heterocycles. The summed E-state index contributed by atoms with van der Waals surface area (Å²) >= 11 is 0. The summed E-state index contributed by atoms with van der Waals surface area (Å²) in [5.74, 6) is 1.75. The number of nitrogens with one attached hydrogen (secondary N) is 5. The number of Topliss-reactive ketones (excluding diaryl/α,β-unsaturated/α-hetero) is 5. The van der Waals surface area contributed by atoms with Crippen LogP contribution < -0.4 is 26.6 Å². The Labute approximate surface area is 815 Å². The molecule has 0 aliphatic carbocycles. The third-order valence-electron chi connectivity index (χ3n) is 28.0. The van der Waals surface area contributed by atoms with Crippen molar-refractivity contribution in [2.75, 3.05) is 87.5 Å². The molecule has 14 heterocycles. The third-order valence-corrected chi connectivity index (χ3v) is 28.0. The van der Waals surface area contributed by atoms with E-state index < -0.39 is 5.82 Å². The summed E-state index contributed by atoms with van der Waals surface area (Å²) in [5, 5.41) is 18.1. The molecule has 0 radical (unpaired) electrons. The molecule has 5 N–H and O–H groups in total. The highest BCUT2D eigenvalue weighted by Crippen LogP contribution is 2.52. The third kappa shape index (κ3) is 17.5. The lowest BCUT2D eigenvalue weighted by Crippen LogP contribution is -2.37. The van der Waals surface area contributed by atoms with Crippen LogP contribution in [0.15, 0.2) is 328 Å². The molecular formula is C115H104F2N18O6. The van der Waals surface area contributed by atoms with E-state index in [-0.39, 0.29) is 127 Å². The predicted octanol–water partition coefficient (Wildman–Crippen LogP) is 20.1. The maximum absolute atomic E-state index is 14.2. The van der Waals surface area contributed by atoms with Gasteiger partial charge >= 0.3 is 0 Å². The van der Waals surface area contributed by atoms with E-state index in [0.29, 0.717) is 22.4 Å². The van der Waals surface area contributed by atoms with Crippen molar-refractivity contribution < 1.29 is 37.2 Å². The zero-order valence-corrected chi connectivity index (χ0v) is 79.2. The predicted molar refractivity (Wildman–Crippen MR) is 548 cm³/mol. The first-order valence-electron chi connectivity index (χ1n) is 47.6. The number of furan rings is 1. The van der Waals surface area contributed by atoms with E-state index in [1.165, 1.54) is 57.6 Å². The first-order valence-corrected chi connectivity index (χ1v) is 47.6. The second-order valence-electron chi connectivity index (χ2n) is 37.6. The van der Waals surface area contributed by atoms with E-state index in [1.54, 1.807) is 18.7 Å². The van der Waals surface area contributed by atoms with Gasteiger partial charge in [-0.05, 0) is 141 Å². The standard InChI is InChI=1S/C26H24FN3O.C24H25N5O.C22H19FN4O.C22H20N4O.C21H16N2O2/c1-30(2)15-16-6-8-18(9-7-16)25-23(17-10-12-19(27)13-11-17)26-24-20(22(31)14-28-26)4-3-5-21(24)29-25;1-28(2)14-15-7-9-16(10-8-15)22-21(24-25-11-12-29(24)3)23-20-17(19(30)13-26-23)5-4-6-18(20)27-22;1-12-3-5-13(6-4-12)20-19(22-24-7-8-27(22)2)21-18-15(17(28)11-25-21)9-14(23)10-16(18)26-20;1-2-26-12-11-23-22(26)19-20(14-7-4-3-5-8-14)25-16-10-6-9-15-17(27)13-24-21(19)18(15)16;24-17-11-22-21-18(14-9-10-25-12-14)20(13-5-2-1-3-6-13)23-16-8-4-7-15(17)19(16)21/h3-13,23,25,29H,14-15H2,1-2H3;4-12,21-22,27H,13-14H2,1-3H3;3-10,19-20,26H,11H2,1-2H3;3-12,19-20,25H,2,13H2,1H3;1-10,12,18,20,23H,11H2. The number of hydrogen-bond acceptors (Lipinski definition) is 21. The number of carbonyl (C=O) groups is 5. The molecule has 0 saturated carbocycles. The summed E-state index contributed by atoms with van der Waals surface area (Å²) in [4.78, 5) is 104. The van der Waals surface area contributed by atoms with Crippen LogP contribution in [0.5, 0.6) is 0 Å². The fourth-order valence-corrected chi connectivity index (χ4v) is 21.6. The van der Waals surface area contributed by atoms with Crippen molar-refractivity contribution in [2.45, 2.75) is 93.3 Å². The molecule has 15 aromatic rings. The molecule has 10 unspecified atom stereocenters. The van der Waals surface area contributed by atoms with Gasteiger partial charge < -0.3 is 54.5 Å². The average molecular weight is 1870 g/mol. The molecule has 0 spiro atoms. The molecule has 141 heavy (non-hydrogen) atoms.